The van der Waals surface area contributed by atoms with E-state index in [1.807, 2.05) is 0 Å². The first kappa shape index (κ1) is 27.4. The highest BCUT2D eigenvalue weighted by Crippen LogP contribution is 2.68. The first-order chi connectivity index (χ1) is 19.0. The van der Waals surface area contributed by atoms with E-state index in [0.29, 0.717) is 46.7 Å². The number of rotatable bonds is 7. The summed E-state index contributed by atoms with van der Waals surface area (Å²) in [4.78, 5) is 22.1. The number of hydrogen-bond acceptors (Lipinski definition) is 8. The van der Waals surface area contributed by atoms with Crippen LogP contribution in [0, 0.1) is 56.5 Å². The van der Waals surface area contributed by atoms with Crippen LogP contribution in [0.15, 0.2) is 16.8 Å². The number of benzene rings is 1. The average molecular weight is 555 g/mol. The lowest BCUT2D eigenvalue weighted by Crippen LogP contribution is -2.59. The molecule has 4 aliphatic rings. The Balaban J connectivity index is 1.18. The van der Waals surface area contributed by atoms with Crippen molar-refractivity contribution >= 4 is 28.4 Å². The van der Waals surface area contributed by atoms with E-state index in [1.165, 1.54) is 6.07 Å². The van der Waals surface area contributed by atoms with Gasteiger partial charge in [0.25, 0.3) is 0 Å². The lowest BCUT2D eigenvalue weighted by molar-refractivity contribution is -0.383. The van der Waals surface area contributed by atoms with Gasteiger partial charge in [-0.05, 0) is 121 Å². The number of nitrogens with zero attached hydrogens (tertiary/aromatic N) is 3. The Hall–Kier alpha value is -2.75. The van der Waals surface area contributed by atoms with Gasteiger partial charge in [0.1, 0.15) is 0 Å². The van der Waals surface area contributed by atoms with E-state index >= 15 is 0 Å². The molecule has 0 saturated heterocycles. The Bertz CT molecular complexity index is 1300. The fourth-order valence-electron chi connectivity index (χ4n) is 10.2. The topological polar surface area (TPSA) is 152 Å². The molecule has 0 spiro atoms. The molecule has 0 amide bonds. The minimum atomic E-state index is -0.710. The highest BCUT2D eigenvalue weighted by Gasteiger charge is 2.62. The summed E-state index contributed by atoms with van der Waals surface area (Å²) in [7, 11) is 0. The van der Waals surface area contributed by atoms with Gasteiger partial charge in [0.05, 0.1) is 16.7 Å². The van der Waals surface area contributed by atoms with E-state index in [4.69, 9.17) is 4.63 Å². The highest BCUT2D eigenvalue weighted by atomic mass is 16.6. The number of carboxylic acids is 1. The van der Waals surface area contributed by atoms with Crippen LogP contribution in [-0.4, -0.2) is 43.6 Å². The van der Waals surface area contributed by atoms with Crippen LogP contribution in [0.4, 0.5) is 11.4 Å². The number of carbonyl (C=O) groups is 1. The molecule has 0 bridgehead atoms. The second-order valence-corrected chi connectivity index (χ2v) is 13.9. The number of carboxylic acid groups (broad SMARTS) is 1. The zero-order chi connectivity index (χ0) is 28.4. The molecule has 1 aromatic heterocycles. The predicted molar refractivity (Wildman–Crippen MR) is 149 cm³/mol. The zero-order valence-corrected chi connectivity index (χ0v) is 23.7. The van der Waals surface area contributed by atoms with Crippen molar-refractivity contribution in [1.29, 1.82) is 0 Å². The van der Waals surface area contributed by atoms with Crippen LogP contribution in [0.3, 0.4) is 0 Å². The standard InChI is InChI=1S/C30H42N4O6/c1-16(4-9-25(36)37)19-5-6-20-26-21(11-13-30(19,20)3)29(2)12-10-18(14-17(29)15-24(26)35)31-22-7-8-23(34(38)39)28-27(22)32-40-33-28/h7-8,16-21,24,26,31,35H,4-6,9-15H2,1-3H3,(H,36,37)/t16-,17+,18+,19-,20+,21+,24+,26+,29+,30-/m1/s1. The molecule has 4 fully saturated rings. The largest absolute Gasteiger partial charge is 0.481 e. The normalized spacial score (nSPS) is 39.6. The Morgan fingerprint density at radius 3 is 2.60 bits per heavy atom. The van der Waals surface area contributed by atoms with Gasteiger partial charge in [0.15, 0.2) is 5.52 Å². The number of fused-ring (bicyclic) bond motifs is 6. The molecule has 3 N–H and O–H groups in total. The Labute approximate surface area is 234 Å². The number of aliphatic carboxylic acids is 1. The fourth-order valence-corrected chi connectivity index (χ4v) is 10.2. The van der Waals surface area contributed by atoms with E-state index in [2.05, 4.69) is 36.4 Å². The van der Waals surface area contributed by atoms with Crippen LogP contribution < -0.4 is 5.32 Å². The quantitative estimate of drug-likeness (QED) is 0.275. The molecule has 0 radical (unpaired) electrons. The number of nitro benzene ring substituents is 1. The SMILES string of the molecule is C[C@H](CCC(=O)O)[C@H]1CC[C@H]2[C@@H]3[C@@H](O)C[C@@H]4C[C@@H](Nc5ccc([N+](=O)[O-])c6nonc56)CC[C@]4(C)[C@H]3CC[C@]12C. The number of nitro groups is 1. The first-order valence-corrected chi connectivity index (χ1v) is 15.1. The summed E-state index contributed by atoms with van der Waals surface area (Å²) in [5.41, 5.74) is 1.47. The number of non-ortho nitro benzene ring substituents is 1. The summed E-state index contributed by atoms with van der Waals surface area (Å²) >= 11 is 0. The molecule has 0 aliphatic heterocycles. The maximum atomic E-state index is 11.7. The number of nitrogens with one attached hydrogen (secondary N) is 1. The van der Waals surface area contributed by atoms with E-state index in [-0.39, 0.29) is 40.6 Å². The van der Waals surface area contributed by atoms with Crippen LogP contribution in [0.25, 0.3) is 11.0 Å². The van der Waals surface area contributed by atoms with Crippen LogP contribution in [-0.2, 0) is 4.79 Å². The number of aliphatic hydroxyl groups is 1. The lowest BCUT2D eigenvalue weighted by Gasteiger charge is -2.62. The molecule has 6 rings (SSSR count). The number of anilines is 1. The molecule has 10 heteroatoms. The van der Waals surface area contributed by atoms with Crippen LogP contribution in [0.5, 0.6) is 0 Å². The molecule has 4 aliphatic carbocycles. The second-order valence-electron chi connectivity index (χ2n) is 13.9. The lowest BCUT2D eigenvalue weighted by atomic mass is 9.43. The smallest absolute Gasteiger partial charge is 0.303 e. The van der Waals surface area contributed by atoms with Gasteiger partial charge >= 0.3 is 11.7 Å². The Kier molecular flexibility index (Phi) is 6.83. The molecule has 10 nitrogen and oxygen atoms in total. The maximum Gasteiger partial charge on any atom is 0.303 e. The Morgan fingerprint density at radius 2 is 1.85 bits per heavy atom. The van der Waals surface area contributed by atoms with E-state index in [1.54, 1.807) is 6.07 Å². The maximum absolute atomic E-state index is 11.7. The van der Waals surface area contributed by atoms with Gasteiger partial charge in [-0.1, -0.05) is 20.8 Å². The molecule has 218 valence electrons. The average Bonchev–Trinajstić information content (AvgIpc) is 3.53. The van der Waals surface area contributed by atoms with Crippen LogP contribution in [0.1, 0.15) is 85.0 Å². The fraction of sp³-hybridized carbons (Fsp3) is 0.767. The van der Waals surface area contributed by atoms with Crippen molar-refractivity contribution in [3.05, 3.63) is 22.2 Å². The molecule has 4 saturated carbocycles. The molecule has 10 atom stereocenters. The Morgan fingerprint density at radius 1 is 1.12 bits per heavy atom. The predicted octanol–water partition coefficient (Wildman–Crippen LogP) is 6.04. The van der Waals surface area contributed by atoms with Gasteiger partial charge in [0.2, 0.25) is 5.52 Å². The van der Waals surface area contributed by atoms with E-state index < -0.39 is 10.9 Å². The summed E-state index contributed by atoms with van der Waals surface area (Å²) < 4.78 is 4.85. The van der Waals surface area contributed by atoms with Crippen molar-refractivity contribution in [3.63, 3.8) is 0 Å². The molecule has 0 unspecified atom stereocenters. The van der Waals surface area contributed by atoms with Gasteiger partial charge in [-0.2, -0.15) is 0 Å². The molecule has 1 heterocycles. The van der Waals surface area contributed by atoms with Crippen molar-refractivity contribution in [2.45, 2.75) is 97.1 Å². The molecular formula is C30H42N4O6. The number of aromatic nitrogens is 2. The van der Waals surface area contributed by atoms with Crippen molar-refractivity contribution < 1.29 is 24.6 Å². The summed E-state index contributed by atoms with van der Waals surface area (Å²) in [5.74, 6) is 1.92. The first-order valence-electron chi connectivity index (χ1n) is 15.1. The summed E-state index contributed by atoms with van der Waals surface area (Å²) in [6.45, 7) is 7.15. The number of hydrogen-bond donors (Lipinski definition) is 3. The summed E-state index contributed by atoms with van der Waals surface area (Å²) in [6.07, 6.45) is 9.07. The molecule has 2 aromatic rings. The van der Waals surface area contributed by atoms with Crippen LogP contribution >= 0.6 is 0 Å². The van der Waals surface area contributed by atoms with Gasteiger partial charge in [-0.3, -0.25) is 14.9 Å². The second kappa shape index (κ2) is 9.96. The summed E-state index contributed by atoms with van der Waals surface area (Å²) in [6, 6.07) is 3.33. The molecule has 1 aromatic carbocycles. The summed E-state index contributed by atoms with van der Waals surface area (Å²) in [5, 5.41) is 43.6. The monoisotopic (exact) mass is 554 g/mol. The van der Waals surface area contributed by atoms with Crippen molar-refractivity contribution in [1.82, 2.24) is 10.3 Å². The minimum Gasteiger partial charge on any atom is -0.481 e. The third-order valence-corrected chi connectivity index (χ3v) is 12.2. The minimum absolute atomic E-state index is 0.116. The van der Waals surface area contributed by atoms with Gasteiger partial charge in [-0.15, -0.1) is 0 Å². The third-order valence-electron chi connectivity index (χ3n) is 12.2. The van der Waals surface area contributed by atoms with E-state index in [0.717, 1.165) is 57.8 Å². The zero-order valence-electron chi connectivity index (χ0n) is 23.7. The van der Waals surface area contributed by atoms with E-state index in [9.17, 15) is 25.1 Å². The molecule has 40 heavy (non-hydrogen) atoms. The third kappa shape index (κ3) is 4.28. The van der Waals surface area contributed by atoms with Crippen molar-refractivity contribution in [3.8, 4) is 0 Å². The molecular weight excluding hydrogens is 512 g/mol. The van der Waals surface area contributed by atoms with Gasteiger partial charge < -0.3 is 15.5 Å². The van der Waals surface area contributed by atoms with Crippen molar-refractivity contribution in [2.75, 3.05) is 5.32 Å². The van der Waals surface area contributed by atoms with Gasteiger partial charge in [0, 0.05) is 18.5 Å². The number of aliphatic hydroxyl groups excluding tert-OH is 1. The van der Waals surface area contributed by atoms with Crippen molar-refractivity contribution in [2.24, 2.45) is 46.3 Å². The van der Waals surface area contributed by atoms with Crippen LogP contribution in [0.2, 0.25) is 0 Å². The highest BCUT2D eigenvalue weighted by molar-refractivity contribution is 5.93. The van der Waals surface area contributed by atoms with Gasteiger partial charge in [-0.25, -0.2) is 4.63 Å².